The molecule has 1 aromatic carbocycles. The van der Waals surface area contributed by atoms with Crippen LogP contribution < -0.4 is 14.2 Å². The third kappa shape index (κ3) is 5.74. The molecule has 2 atom stereocenters. The molecule has 0 spiro atoms. The Labute approximate surface area is 170 Å². The van der Waals surface area contributed by atoms with Gasteiger partial charge in [-0.15, -0.1) is 0 Å². The van der Waals surface area contributed by atoms with Crippen molar-refractivity contribution in [1.82, 2.24) is 4.90 Å². The van der Waals surface area contributed by atoms with E-state index in [0.29, 0.717) is 49.8 Å². The number of carbonyl (C=O) groups is 2. The highest BCUT2D eigenvalue weighted by atomic mass is 16.5. The second-order valence-corrected chi connectivity index (χ2v) is 6.56. The van der Waals surface area contributed by atoms with Crippen LogP contribution in [0.5, 0.6) is 17.2 Å². The molecule has 1 aliphatic rings. The van der Waals surface area contributed by atoms with Gasteiger partial charge in [0.2, 0.25) is 5.75 Å². The van der Waals surface area contributed by atoms with Crippen LogP contribution in [-0.2, 0) is 14.3 Å². The Balaban J connectivity index is 1.90. The summed E-state index contributed by atoms with van der Waals surface area (Å²) in [6.45, 7) is 3.10. The molecular weight excluding hydrogens is 382 g/mol. The van der Waals surface area contributed by atoms with Crippen molar-refractivity contribution in [3.8, 4) is 17.2 Å². The van der Waals surface area contributed by atoms with E-state index in [-0.39, 0.29) is 18.1 Å². The van der Waals surface area contributed by atoms with Crippen molar-refractivity contribution in [1.29, 1.82) is 0 Å². The minimum absolute atomic E-state index is 0.164. The van der Waals surface area contributed by atoms with Crippen LogP contribution in [0.4, 0.5) is 0 Å². The molecule has 1 N–H and O–H groups in total. The summed E-state index contributed by atoms with van der Waals surface area (Å²) in [5.41, 5.74) is 0.278. The fourth-order valence-electron chi connectivity index (χ4n) is 3.32. The van der Waals surface area contributed by atoms with E-state index in [1.54, 1.807) is 6.92 Å². The Morgan fingerprint density at radius 2 is 1.76 bits per heavy atom. The molecule has 1 aliphatic heterocycles. The first kappa shape index (κ1) is 22.8. The van der Waals surface area contributed by atoms with Crippen LogP contribution in [0.25, 0.3) is 0 Å². The van der Waals surface area contributed by atoms with Crippen molar-refractivity contribution in [2.24, 2.45) is 0 Å². The van der Waals surface area contributed by atoms with E-state index in [0.717, 1.165) is 0 Å². The van der Waals surface area contributed by atoms with Gasteiger partial charge in [-0.3, -0.25) is 9.69 Å². The van der Waals surface area contributed by atoms with E-state index in [1.807, 2.05) is 4.90 Å². The summed E-state index contributed by atoms with van der Waals surface area (Å²) in [5, 5.41) is 9.85. The highest BCUT2D eigenvalue weighted by molar-refractivity contribution is 5.91. The van der Waals surface area contributed by atoms with Crippen LogP contribution in [0.15, 0.2) is 12.1 Å². The van der Waals surface area contributed by atoms with Gasteiger partial charge in [-0.25, -0.2) is 4.79 Å². The first-order valence-corrected chi connectivity index (χ1v) is 9.51. The van der Waals surface area contributed by atoms with Gasteiger partial charge in [-0.2, -0.15) is 0 Å². The maximum atomic E-state index is 12.4. The largest absolute Gasteiger partial charge is 0.493 e. The zero-order valence-electron chi connectivity index (χ0n) is 17.3. The van der Waals surface area contributed by atoms with E-state index in [4.69, 9.17) is 23.7 Å². The Hall–Kier alpha value is -2.52. The Kier molecular flexibility index (Phi) is 8.53. The number of esters is 2. The average Bonchev–Trinajstić information content (AvgIpc) is 3.10. The molecular formula is C20H29NO8. The van der Waals surface area contributed by atoms with Crippen LogP contribution in [0, 0.1) is 0 Å². The summed E-state index contributed by atoms with van der Waals surface area (Å²) in [4.78, 5) is 26.2. The minimum atomic E-state index is -0.564. The molecule has 1 heterocycles. The summed E-state index contributed by atoms with van der Waals surface area (Å²) in [6.07, 6.45) is 0.300. The number of carbonyl (C=O) groups excluding carboxylic acids is 2. The van der Waals surface area contributed by atoms with E-state index in [2.05, 4.69) is 0 Å². The molecule has 0 aromatic heterocycles. The number of ether oxygens (including phenoxy) is 5. The highest BCUT2D eigenvalue weighted by Crippen LogP contribution is 2.38. The normalized spacial score (nSPS) is 18.9. The van der Waals surface area contributed by atoms with E-state index >= 15 is 0 Å². The Bertz CT molecular complexity index is 683. The maximum absolute atomic E-state index is 12.4. The molecule has 0 aliphatic carbocycles. The molecule has 0 amide bonds. The van der Waals surface area contributed by atoms with Crippen molar-refractivity contribution in [2.75, 3.05) is 47.6 Å². The number of nitrogens with zero attached hydrogens (tertiary/aromatic N) is 1. The molecule has 29 heavy (non-hydrogen) atoms. The van der Waals surface area contributed by atoms with Crippen LogP contribution >= 0.6 is 0 Å². The zero-order chi connectivity index (χ0) is 21.4. The van der Waals surface area contributed by atoms with Crippen molar-refractivity contribution < 1.29 is 38.4 Å². The molecule has 0 radical (unpaired) electrons. The van der Waals surface area contributed by atoms with Crippen molar-refractivity contribution in [2.45, 2.75) is 31.9 Å². The first-order chi connectivity index (χ1) is 13.9. The van der Waals surface area contributed by atoms with Gasteiger partial charge in [0.25, 0.3) is 0 Å². The molecule has 1 aromatic rings. The second kappa shape index (κ2) is 10.9. The quantitative estimate of drug-likeness (QED) is 0.450. The second-order valence-electron chi connectivity index (χ2n) is 6.56. The summed E-state index contributed by atoms with van der Waals surface area (Å²) < 4.78 is 26.1. The van der Waals surface area contributed by atoms with Gasteiger partial charge >= 0.3 is 11.9 Å². The van der Waals surface area contributed by atoms with Crippen LogP contribution in [0.1, 0.15) is 30.1 Å². The van der Waals surface area contributed by atoms with Gasteiger partial charge in [-0.05, 0) is 25.5 Å². The predicted molar refractivity (Wildman–Crippen MR) is 104 cm³/mol. The van der Waals surface area contributed by atoms with Gasteiger partial charge in [0, 0.05) is 19.5 Å². The average molecular weight is 411 g/mol. The number of hydrogen-bond donors (Lipinski definition) is 1. The molecule has 2 unspecified atom stereocenters. The number of methoxy groups -OCH3 is 3. The van der Waals surface area contributed by atoms with Crippen molar-refractivity contribution in [3.63, 3.8) is 0 Å². The van der Waals surface area contributed by atoms with Gasteiger partial charge in [0.15, 0.2) is 11.5 Å². The number of likely N-dealkylation sites (tertiary alicyclic amines) is 1. The summed E-state index contributed by atoms with van der Waals surface area (Å²) in [6, 6.07) is 2.59. The summed E-state index contributed by atoms with van der Waals surface area (Å²) in [7, 11) is 4.42. The fraction of sp³-hybridized carbons (Fsp3) is 0.600. The van der Waals surface area contributed by atoms with Crippen LogP contribution in [-0.4, -0.2) is 81.7 Å². The summed E-state index contributed by atoms with van der Waals surface area (Å²) >= 11 is 0. The number of hydrogen-bond acceptors (Lipinski definition) is 9. The Morgan fingerprint density at radius 1 is 1.10 bits per heavy atom. The molecule has 1 saturated heterocycles. The maximum Gasteiger partial charge on any atom is 0.338 e. The van der Waals surface area contributed by atoms with Crippen molar-refractivity contribution >= 4 is 11.9 Å². The standard InChI is InChI=1S/C20H29NO8/c1-5-28-20(24)15-11-14(22)12-21(15)7-6-8-29-19(23)13-9-16(25-2)18(27-4)17(10-13)26-3/h9-10,14-15,22H,5-8,11-12H2,1-4H3. The number of aliphatic hydroxyl groups is 1. The Morgan fingerprint density at radius 3 is 2.31 bits per heavy atom. The fourth-order valence-corrected chi connectivity index (χ4v) is 3.32. The molecule has 9 heteroatoms. The molecule has 0 saturated carbocycles. The van der Waals surface area contributed by atoms with E-state index in [1.165, 1.54) is 33.5 Å². The third-order valence-electron chi connectivity index (χ3n) is 4.66. The lowest BCUT2D eigenvalue weighted by atomic mass is 10.2. The lowest BCUT2D eigenvalue weighted by molar-refractivity contribution is -0.148. The highest BCUT2D eigenvalue weighted by Gasteiger charge is 2.36. The minimum Gasteiger partial charge on any atom is -0.493 e. The number of benzene rings is 1. The summed E-state index contributed by atoms with van der Waals surface area (Å²) in [5.74, 6) is 0.263. The van der Waals surface area contributed by atoms with Crippen LogP contribution in [0.2, 0.25) is 0 Å². The molecule has 0 bridgehead atoms. The van der Waals surface area contributed by atoms with Gasteiger partial charge in [-0.1, -0.05) is 0 Å². The van der Waals surface area contributed by atoms with Gasteiger partial charge in [0.1, 0.15) is 6.04 Å². The van der Waals surface area contributed by atoms with Gasteiger partial charge < -0.3 is 28.8 Å². The monoisotopic (exact) mass is 411 g/mol. The SMILES string of the molecule is CCOC(=O)C1CC(O)CN1CCCOC(=O)c1cc(OC)c(OC)c(OC)c1. The van der Waals surface area contributed by atoms with E-state index < -0.39 is 18.1 Å². The number of rotatable bonds is 10. The van der Waals surface area contributed by atoms with Gasteiger partial charge in [0.05, 0.1) is 46.2 Å². The topological polar surface area (TPSA) is 104 Å². The van der Waals surface area contributed by atoms with Crippen LogP contribution in [0.3, 0.4) is 0 Å². The molecule has 2 rings (SSSR count). The van der Waals surface area contributed by atoms with Crippen molar-refractivity contribution in [3.05, 3.63) is 17.7 Å². The lowest BCUT2D eigenvalue weighted by Gasteiger charge is -2.22. The predicted octanol–water partition coefficient (Wildman–Crippen LogP) is 1.26. The number of β-amino-alcohol motifs (C(OH)–C–C–N with tert-alkyl or cyclic N) is 1. The smallest absolute Gasteiger partial charge is 0.338 e. The number of aliphatic hydroxyl groups excluding tert-OH is 1. The molecule has 9 nitrogen and oxygen atoms in total. The molecule has 1 fully saturated rings. The lowest BCUT2D eigenvalue weighted by Crippen LogP contribution is -2.38. The third-order valence-corrected chi connectivity index (χ3v) is 4.66. The molecule has 162 valence electrons. The van der Waals surface area contributed by atoms with E-state index in [9.17, 15) is 14.7 Å². The first-order valence-electron chi connectivity index (χ1n) is 9.51. The zero-order valence-corrected chi connectivity index (χ0v) is 17.3.